The minimum Gasteiger partial charge on any atom is -0.379 e. The zero-order chi connectivity index (χ0) is 14.4. The summed E-state index contributed by atoms with van der Waals surface area (Å²) in [6.45, 7) is 9.34. The van der Waals surface area contributed by atoms with Crippen LogP contribution in [0.2, 0.25) is 0 Å². The number of rotatable bonds is 6. The first-order chi connectivity index (χ1) is 9.65. The van der Waals surface area contributed by atoms with Crippen LogP contribution in [0.3, 0.4) is 0 Å². The molecule has 1 saturated heterocycles. The smallest absolute Gasteiger partial charge is 0.234 e. The van der Waals surface area contributed by atoms with E-state index in [4.69, 9.17) is 4.74 Å². The zero-order valence-corrected chi connectivity index (χ0v) is 12.3. The Labute approximate surface area is 120 Å². The van der Waals surface area contributed by atoms with Crippen LogP contribution in [0.4, 0.5) is 0 Å². The molecule has 6 heteroatoms. The summed E-state index contributed by atoms with van der Waals surface area (Å²) in [6, 6.07) is 0. The largest absolute Gasteiger partial charge is 0.379 e. The van der Waals surface area contributed by atoms with Gasteiger partial charge in [-0.1, -0.05) is 13.8 Å². The summed E-state index contributed by atoms with van der Waals surface area (Å²) in [4.78, 5) is 18.2. The summed E-state index contributed by atoms with van der Waals surface area (Å²) in [5, 5.41) is 2.96. The maximum Gasteiger partial charge on any atom is 0.234 e. The third kappa shape index (κ3) is 4.61. The van der Waals surface area contributed by atoms with Gasteiger partial charge in [0.05, 0.1) is 38.3 Å². The van der Waals surface area contributed by atoms with E-state index >= 15 is 0 Å². The summed E-state index contributed by atoms with van der Waals surface area (Å²) in [5.41, 5.74) is 1.05. The topological polar surface area (TPSA) is 59.4 Å². The van der Waals surface area contributed by atoms with Crippen molar-refractivity contribution in [3.8, 4) is 0 Å². The van der Waals surface area contributed by atoms with Gasteiger partial charge in [-0.3, -0.25) is 9.69 Å². The minimum absolute atomic E-state index is 0.0594. The predicted octanol–water partition coefficient (Wildman–Crippen LogP) is 0.488. The van der Waals surface area contributed by atoms with Gasteiger partial charge in [0.1, 0.15) is 0 Å². The normalized spacial score (nSPS) is 16.6. The fourth-order valence-corrected chi connectivity index (χ4v) is 2.26. The number of morpholine rings is 1. The Balaban J connectivity index is 1.76. The van der Waals surface area contributed by atoms with Crippen molar-refractivity contribution in [2.45, 2.75) is 26.9 Å². The lowest BCUT2D eigenvalue weighted by molar-refractivity contribution is -0.123. The summed E-state index contributed by atoms with van der Waals surface area (Å²) < 4.78 is 7.36. The van der Waals surface area contributed by atoms with Crippen molar-refractivity contribution < 1.29 is 9.53 Å². The Kier molecular flexibility index (Phi) is 5.55. The van der Waals surface area contributed by atoms with Gasteiger partial charge in [0.25, 0.3) is 0 Å². The molecule has 1 aromatic heterocycles. The summed E-state index contributed by atoms with van der Waals surface area (Å²) in [6.07, 6.45) is 3.64. The monoisotopic (exact) mass is 280 g/mol. The number of aromatic nitrogens is 2. The molecule has 2 rings (SSSR count). The van der Waals surface area contributed by atoms with Crippen LogP contribution in [0, 0.1) is 5.92 Å². The van der Waals surface area contributed by atoms with Crippen LogP contribution in [0.25, 0.3) is 0 Å². The SMILES string of the molecule is CC(C)Cn1cncc1CNC(=O)CN1CCOCC1. The van der Waals surface area contributed by atoms with E-state index in [-0.39, 0.29) is 5.91 Å². The van der Waals surface area contributed by atoms with Crippen LogP contribution in [0.15, 0.2) is 12.5 Å². The average Bonchev–Trinajstić information content (AvgIpc) is 2.84. The number of ether oxygens (including phenoxy) is 1. The second-order valence-corrected chi connectivity index (χ2v) is 5.60. The van der Waals surface area contributed by atoms with Crippen LogP contribution in [0.1, 0.15) is 19.5 Å². The van der Waals surface area contributed by atoms with Gasteiger partial charge in [-0.05, 0) is 5.92 Å². The predicted molar refractivity (Wildman–Crippen MR) is 76.2 cm³/mol. The molecule has 0 aromatic carbocycles. The molecule has 112 valence electrons. The highest BCUT2D eigenvalue weighted by Crippen LogP contribution is 2.04. The molecule has 20 heavy (non-hydrogen) atoms. The molecule has 1 N–H and O–H groups in total. The lowest BCUT2D eigenvalue weighted by atomic mass is 10.2. The highest BCUT2D eigenvalue weighted by atomic mass is 16.5. The van der Waals surface area contributed by atoms with Gasteiger partial charge in [0, 0.05) is 25.8 Å². The van der Waals surface area contributed by atoms with Crippen molar-refractivity contribution in [3.63, 3.8) is 0 Å². The highest BCUT2D eigenvalue weighted by Gasteiger charge is 2.14. The van der Waals surface area contributed by atoms with Crippen molar-refractivity contribution >= 4 is 5.91 Å². The summed E-state index contributed by atoms with van der Waals surface area (Å²) >= 11 is 0. The van der Waals surface area contributed by atoms with Crippen LogP contribution in [0.5, 0.6) is 0 Å². The van der Waals surface area contributed by atoms with Gasteiger partial charge in [-0.15, -0.1) is 0 Å². The summed E-state index contributed by atoms with van der Waals surface area (Å²) in [5.74, 6) is 0.621. The van der Waals surface area contributed by atoms with E-state index in [1.165, 1.54) is 0 Å². The highest BCUT2D eigenvalue weighted by molar-refractivity contribution is 5.77. The first kappa shape index (κ1) is 15.0. The number of amides is 1. The molecule has 0 radical (unpaired) electrons. The third-order valence-electron chi connectivity index (χ3n) is 3.30. The van der Waals surface area contributed by atoms with Gasteiger partial charge >= 0.3 is 0 Å². The molecule has 1 aliphatic heterocycles. The van der Waals surface area contributed by atoms with Crippen LogP contribution in [-0.4, -0.2) is 53.2 Å². The fourth-order valence-electron chi connectivity index (χ4n) is 2.26. The zero-order valence-electron chi connectivity index (χ0n) is 12.3. The Bertz CT molecular complexity index is 425. The number of carbonyl (C=O) groups is 1. The Hall–Kier alpha value is -1.40. The molecule has 0 saturated carbocycles. The molecular weight excluding hydrogens is 256 g/mol. The van der Waals surface area contributed by atoms with Crippen LogP contribution in [-0.2, 0) is 22.6 Å². The molecule has 6 nitrogen and oxygen atoms in total. The summed E-state index contributed by atoms with van der Waals surface area (Å²) in [7, 11) is 0. The molecule has 0 aliphatic carbocycles. The molecule has 2 heterocycles. The van der Waals surface area contributed by atoms with E-state index in [2.05, 4.69) is 33.6 Å². The van der Waals surface area contributed by atoms with Gasteiger partial charge in [0.15, 0.2) is 0 Å². The second kappa shape index (κ2) is 7.40. The van der Waals surface area contributed by atoms with E-state index < -0.39 is 0 Å². The van der Waals surface area contributed by atoms with Crippen molar-refractivity contribution in [3.05, 3.63) is 18.2 Å². The lowest BCUT2D eigenvalue weighted by Crippen LogP contribution is -2.43. The van der Waals surface area contributed by atoms with Crippen molar-refractivity contribution in [1.82, 2.24) is 19.8 Å². The quantitative estimate of drug-likeness (QED) is 0.824. The Morgan fingerprint density at radius 1 is 1.45 bits per heavy atom. The number of nitrogens with zero attached hydrogens (tertiary/aromatic N) is 3. The standard InChI is InChI=1S/C14H24N4O2/c1-12(2)9-18-11-15-7-13(18)8-16-14(19)10-17-3-5-20-6-4-17/h7,11-12H,3-6,8-10H2,1-2H3,(H,16,19). The molecule has 0 spiro atoms. The molecule has 0 atom stereocenters. The number of carbonyl (C=O) groups excluding carboxylic acids is 1. The van der Waals surface area contributed by atoms with Gasteiger partial charge in [0.2, 0.25) is 5.91 Å². The van der Waals surface area contributed by atoms with Crippen molar-refractivity contribution in [1.29, 1.82) is 0 Å². The van der Waals surface area contributed by atoms with E-state index in [0.29, 0.717) is 32.2 Å². The van der Waals surface area contributed by atoms with Gasteiger partial charge < -0.3 is 14.6 Å². The maximum atomic E-state index is 11.9. The van der Waals surface area contributed by atoms with E-state index in [1.807, 2.05) is 12.5 Å². The van der Waals surface area contributed by atoms with E-state index in [1.54, 1.807) is 0 Å². The molecule has 1 amide bonds. The molecule has 1 fully saturated rings. The first-order valence-electron chi connectivity index (χ1n) is 7.21. The van der Waals surface area contributed by atoms with Gasteiger partial charge in [-0.2, -0.15) is 0 Å². The number of hydrogen-bond donors (Lipinski definition) is 1. The molecule has 1 aliphatic rings. The van der Waals surface area contributed by atoms with Crippen LogP contribution < -0.4 is 5.32 Å². The minimum atomic E-state index is 0.0594. The number of nitrogens with one attached hydrogen (secondary N) is 1. The Morgan fingerprint density at radius 3 is 2.90 bits per heavy atom. The molecular formula is C14H24N4O2. The number of hydrogen-bond acceptors (Lipinski definition) is 4. The third-order valence-corrected chi connectivity index (χ3v) is 3.30. The lowest BCUT2D eigenvalue weighted by Gasteiger charge is -2.25. The molecule has 0 bridgehead atoms. The van der Waals surface area contributed by atoms with Crippen LogP contribution >= 0.6 is 0 Å². The second-order valence-electron chi connectivity index (χ2n) is 5.60. The fraction of sp³-hybridized carbons (Fsp3) is 0.714. The van der Waals surface area contributed by atoms with Gasteiger partial charge in [-0.25, -0.2) is 4.98 Å². The van der Waals surface area contributed by atoms with Crippen molar-refractivity contribution in [2.75, 3.05) is 32.8 Å². The average molecular weight is 280 g/mol. The van der Waals surface area contributed by atoms with Crippen molar-refractivity contribution in [2.24, 2.45) is 5.92 Å². The van der Waals surface area contributed by atoms with E-state index in [9.17, 15) is 4.79 Å². The first-order valence-corrected chi connectivity index (χ1v) is 7.21. The Morgan fingerprint density at radius 2 is 2.20 bits per heavy atom. The molecule has 0 unspecified atom stereocenters. The molecule has 1 aromatic rings. The maximum absolute atomic E-state index is 11.9. The van der Waals surface area contributed by atoms with E-state index in [0.717, 1.165) is 25.3 Å². The number of imidazole rings is 1.